The summed E-state index contributed by atoms with van der Waals surface area (Å²) in [4.78, 5) is 0. The van der Waals surface area contributed by atoms with Crippen LogP contribution >= 0.6 is 0 Å². The van der Waals surface area contributed by atoms with Crippen LogP contribution in [-0.4, -0.2) is 19.5 Å². The first kappa shape index (κ1) is 16.4. The Balaban J connectivity index is 1.41. The van der Waals surface area contributed by atoms with E-state index in [4.69, 9.17) is 9.47 Å². The van der Waals surface area contributed by atoms with E-state index in [1.54, 1.807) is 6.08 Å². The Morgan fingerprint density at radius 1 is 1.00 bits per heavy atom. The van der Waals surface area contributed by atoms with Crippen molar-refractivity contribution in [3.05, 3.63) is 11.9 Å². The van der Waals surface area contributed by atoms with Gasteiger partial charge in [0.15, 0.2) is 6.29 Å². The number of ether oxygens (including phenoxy) is 2. The Morgan fingerprint density at radius 2 is 1.73 bits per heavy atom. The quantitative estimate of drug-likeness (QED) is 0.707. The topological polar surface area (TPSA) is 18.5 Å². The summed E-state index contributed by atoms with van der Waals surface area (Å²) >= 11 is 0. The molecular formula is C19H31FO2. The Bertz CT molecular complexity index is 366. The molecule has 1 aliphatic heterocycles. The summed E-state index contributed by atoms with van der Waals surface area (Å²) in [7, 11) is 0. The Kier molecular flexibility index (Phi) is 5.92. The summed E-state index contributed by atoms with van der Waals surface area (Å²) < 4.78 is 25.1. The van der Waals surface area contributed by atoms with Crippen LogP contribution in [0.15, 0.2) is 11.9 Å². The van der Waals surface area contributed by atoms with E-state index in [1.165, 1.54) is 38.5 Å². The number of hydrogen-bond acceptors (Lipinski definition) is 2. The van der Waals surface area contributed by atoms with Crippen molar-refractivity contribution in [3.8, 4) is 0 Å². The highest BCUT2D eigenvalue weighted by Gasteiger charge is 2.34. The van der Waals surface area contributed by atoms with Crippen molar-refractivity contribution in [2.45, 2.75) is 71.0 Å². The summed E-state index contributed by atoms with van der Waals surface area (Å²) in [6, 6.07) is 0. The van der Waals surface area contributed by atoms with Crippen molar-refractivity contribution in [1.82, 2.24) is 0 Å². The molecule has 1 heterocycles. The summed E-state index contributed by atoms with van der Waals surface area (Å²) in [6.45, 7) is 3.98. The van der Waals surface area contributed by atoms with Gasteiger partial charge in [0.25, 0.3) is 0 Å². The number of allylic oxidation sites excluding steroid dienone is 2. The SMILES string of the molecule is CCC[C@H]1CC[C@H]([C@H]2CO[C@H](C3CC=C(F)CC3)OC2)CC1. The molecule has 1 saturated carbocycles. The van der Waals surface area contributed by atoms with Crippen molar-refractivity contribution in [1.29, 1.82) is 0 Å². The van der Waals surface area contributed by atoms with Gasteiger partial charge in [-0.2, -0.15) is 0 Å². The van der Waals surface area contributed by atoms with E-state index >= 15 is 0 Å². The third kappa shape index (κ3) is 4.11. The molecule has 0 N–H and O–H groups in total. The van der Waals surface area contributed by atoms with Gasteiger partial charge >= 0.3 is 0 Å². The molecule has 0 radical (unpaired) electrons. The molecule has 1 atom stereocenters. The van der Waals surface area contributed by atoms with Gasteiger partial charge in [0.2, 0.25) is 0 Å². The van der Waals surface area contributed by atoms with Gasteiger partial charge in [0, 0.05) is 11.8 Å². The fourth-order valence-corrected chi connectivity index (χ4v) is 4.50. The zero-order valence-electron chi connectivity index (χ0n) is 13.9. The highest BCUT2D eigenvalue weighted by molar-refractivity contribution is 4.98. The van der Waals surface area contributed by atoms with Gasteiger partial charge in [-0.1, -0.05) is 38.7 Å². The fourth-order valence-electron chi connectivity index (χ4n) is 4.50. The van der Waals surface area contributed by atoms with Crippen LogP contribution in [0.25, 0.3) is 0 Å². The lowest BCUT2D eigenvalue weighted by molar-refractivity contribution is -0.233. The average Bonchev–Trinajstić information content (AvgIpc) is 2.57. The molecule has 0 bridgehead atoms. The van der Waals surface area contributed by atoms with Crippen LogP contribution in [0.4, 0.5) is 4.39 Å². The summed E-state index contributed by atoms with van der Waals surface area (Å²) in [5.41, 5.74) is 0. The molecule has 126 valence electrons. The number of halogens is 1. The third-order valence-electron chi connectivity index (χ3n) is 5.99. The molecule has 2 aliphatic carbocycles. The van der Waals surface area contributed by atoms with Crippen molar-refractivity contribution >= 4 is 0 Å². The standard InChI is InChI=1S/C19H31FO2/c1-2-3-14-4-6-15(7-5-14)17-12-21-19(22-13-17)16-8-10-18(20)11-9-16/h10,14-17,19H,2-9,11-13H2,1H3/t14-,15-,16?,17-,19-. The van der Waals surface area contributed by atoms with E-state index in [2.05, 4.69) is 6.92 Å². The Labute approximate surface area is 134 Å². The highest BCUT2D eigenvalue weighted by atomic mass is 19.1. The normalized spacial score (nSPS) is 40.3. The molecule has 22 heavy (non-hydrogen) atoms. The maximum Gasteiger partial charge on any atom is 0.160 e. The minimum absolute atomic E-state index is 0.0359. The highest BCUT2D eigenvalue weighted by Crippen LogP contribution is 2.38. The minimum atomic E-state index is -0.1000. The lowest BCUT2D eigenvalue weighted by Gasteiger charge is -2.40. The molecule has 2 nitrogen and oxygen atoms in total. The maximum absolute atomic E-state index is 13.1. The van der Waals surface area contributed by atoms with Crippen molar-refractivity contribution in [2.24, 2.45) is 23.7 Å². The van der Waals surface area contributed by atoms with Crippen LogP contribution in [0.1, 0.15) is 64.7 Å². The monoisotopic (exact) mass is 310 g/mol. The first-order valence-corrected chi connectivity index (χ1v) is 9.34. The predicted molar refractivity (Wildman–Crippen MR) is 86.1 cm³/mol. The van der Waals surface area contributed by atoms with E-state index in [9.17, 15) is 4.39 Å². The molecule has 3 rings (SSSR count). The molecule has 0 amide bonds. The van der Waals surface area contributed by atoms with E-state index < -0.39 is 0 Å². The molecule has 0 aromatic heterocycles. The second-order valence-corrected chi connectivity index (χ2v) is 7.55. The predicted octanol–water partition coefficient (Wildman–Crippen LogP) is 5.24. The van der Waals surface area contributed by atoms with Crippen LogP contribution in [-0.2, 0) is 9.47 Å². The number of rotatable bonds is 4. The first-order chi connectivity index (χ1) is 10.8. The van der Waals surface area contributed by atoms with Gasteiger partial charge in [-0.15, -0.1) is 0 Å². The zero-order chi connectivity index (χ0) is 15.4. The Morgan fingerprint density at radius 3 is 2.32 bits per heavy atom. The summed E-state index contributed by atoms with van der Waals surface area (Å²) in [5.74, 6) is 2.71. The van der Waals surface area contributed by atoms with E-state index in [0.29, 0.717) is 18.3 Å². The molecule has 3 aliphatic rings. The molecule has 1 saturated heterocycles. The third-order valence-corrected chi connectivity index (χ3v) is 5.99. The van der Waals surface area contributed by atoms with Gasteiger partial charge < -0.3 is 9.47 Å². The van der Waals surface area contributed by atoms with Crippen LogP contribution in [0.2, 0.25) is 0 Å². The number of hydrogen-bond donors (Lipinski definition) is 0. The largest absolute Gasteiger partial charge is 0.352 e. The van der Waals surface area contributed by atoms with Crippen molar-refractivity contribution in [3.63, 3.8) is 0 Å². The molecule has 0 spiro atoms. The molecule has 2 fully saturated rings. The fraction of sp³-hybridized carbons (Fsp3) is 0.895. The minimum Gasteiger partial charge on any atom is -0.352 e. The van der Waals surface area contributed by atoms with Gasteiger partial charge in [0.05, 0.1) is 19.0 Å². The first-order valence-electron chi connectivity index (χ1n) is 9.34. The van der Waals surface area contributed by atoms with Crippen LogP contribution in [0.5, 0.6) is 0 Å². The molecule has 1 unspecified atom stereocenters. The van der Waals surface area contributed by atoms with Crippen LogP contribution < -0.4 is 0 Å². The van der Waals surface area contributed by atoms with E-state index in [-0.39, 0.29) is 12.1 Å². The van der Waals surface area contributed by atoms with Gasteiger partial charge in [0.1, 0.15) is 0 Å². The second kappa shape index (κ2) is 7.92. The average molecular weight is 310 g/mol. The van der Waals surface area contributed by atoms with E-state index in [0.717, 1.165) is 37.9 Å². The van der Waals surface area contributed by atoms with Crippen molar-refractivity contribution < 1.29 is 13.9 Å². The maximum atomic E-state index is 13.1. The lowest BCUT2D eigenvalue weighted by atomic mass is 9.75. The summed E-state index contributed by atoms with van der Waals surface area (Å²) in [5, 5.41) is 0. The molecular weight excluding hydrogens is 279 g/mol. The Hall–Kier alpha value is -0.410. The van der Waals surface area contributed by atoms with Gasteiger partial charge in [-0.25, -0.2) is 4.39 Å². The molecule has 3 heteroatoms. The molecule has 0 aromatic carbocycles. The van der Waals surface area contributed by atoms with Crippen molar-refractivity contribution in [2.75, 3.05) is 13.2 Å². The second-order valence-electron chi connectivity index (χ2n) is 7.55. The van der Waals surface area contributed by atoms with Gasteiger partial charge in [-0.05, 0) is 43.9 Å². The zero-order valence-corrected chi connectivity index (χ0v) is 13.9. The van der Waals surface area contributed by atoms with Crippen LogP contribution in [0.3, 0.4) is 0 Å². The van der Waals surface area contributed by atoms with Gasteiger partial charge in [-0.3, -0.25) is 0 Å². The van der Waals surface area contributed by atoms with Crippen LogP contribution in [0, 0.1) is 23.7 Å². The molecule has 0 aromatic rings. The summed E-state index contributed by atoms with van der Waals surface area (Å²) in [6.07, 6.45) is 12.0. The lowest BCUT2D eigenvalue weighted by Crippen LogP contribution is -2.40. The van der Waals surface area contributed by atoms with E-state index in [1.807, 2.05) is 0 Å². The smallest absolute Gasteiger partial charge is 0.160 e.